The lowest BCUT2D eigenvalue weighted by Crippen LogP contribution is -2.30. The van der Waals surface area contributed by atoms with Gasteiger partial charge in [-0.2, -0.15) is 0 Å². The molecule has 0 saturated carbocycles. The predicted octanol–water partition coefficient (Wildman–Crippen LogP) is 16.7. The van der Waals surface area contributed by atoms with Crippen LogP contribution in [0.3, 0.4) is 0 Å². The number of carbonyl (C=O) groups excluding carboxylic acids is 3. The lowest BCUT2D eigenvalue weighted by molar-refractivity contribution is -0.167. The van der Waals surface area contributed by atoms with Gasteiger partial charge in [-0.3, -0.25) is 14.4 Å². The molecule has 1 atom stereocenters. The van der Waals surface area contributed by atoms with Crippen LogP contribution in [-0.4, -0.2) is 37.2 Å². The van der Waals surface area contributed by atoms with Crippen molar-refractivity contribution in [1.29, 1.82) is 0 Å². The molecular weight excluding hydrogens is 745 g/mol. The van der Waals surface area contributed by atoms with Gasteiger partial charge in [0.25, 0.3) is 0 Å². The molecule has 0 aromatic rings. The average Bonchev–Trinajstić information content (AvgIpc) is 3.24. The smallest absolute Gasteiger partial charge is 0.306 e. The lowest BCUT2D eigenvalue weighted by Gasteiger charge is -2.18. The molecule has 0 N–H and O–H groups in total. The highest BCUT2D eigenvalue weighted by Crippen LogP contribution is 2.14. The molecule has 6 nitrogen and oxygen atoms in total. The monoisotopic (exact) mass is 841 g/mol. The van der Waals surface area contributed by atoms with E-state index in [4.69, 9.17) is 14.2 Å². The molecule has 0 fully saturated rings. The first-order chi connectivity index (χ1) is 29.5. The van der Waals surface area contributed by atoms with Crippen LogP contribution in [-0.2, 0) is 28.6 Å². The van der Waals surface area contributed by atoms with Crippen molar-refractivity contribution in [2.75, 3.05) is 13.2 Å². The number of hydrogen-bond donors (Lipinski definition) is 0. The molecule has 0 aromatic heterocycles. The summed E-state index contributed by atoms with van der Waals surface area (Å²) >= 11 is 0. The summed E-state index contributed by atoms with van der Waals surface area (Å²) in [7, 11) is 0. The van der Waals surface area contributed by atoms with Crippen LogP contribution in [0, 0.1) is 0 Å². The first kappa shape index (κ1) is 57.4. The zero-order valence-corrected chi connectivity index (χ0v) is 39.7. The Bertz CT molecular complexity index is 1060. The summed E-state index contributed by atoms with van der Waals surface area (Å²) in [5.41, 5.74) is 0. The van der Waals surface area contributed by atoms with Crippen LogP contribution >= 0.6 is 0 Å². The van der Waals surface area contributed by atoms with Crippen LogP contribution in [0.5, 0.6) is 0 Å². The third-order valence-corrected chi connectivity index (χ3v) is 11.1. The van der Waals surface area contributed by atoms with Crippen LogP contribution in [0.1, 0.15) is 258 Å². The minimum atomic E-state index is -0.773. The fourth-order valence-corrected chi connectivity index (χ4v) is 7.15. The summed E-state index contributed by atoms with van der Waals surface area (Å²) in [6.07, 6.45) is 58.5. The number of allylic oxidation sites excluding steroid dienone is 8. The Labute approximate surface area is 371 Å². The van der Waals surface area contributed by atoms with Crippen molar-refractivity contribution in [3.8, 4) is 0 Å². The minimum Gasteiger partial charge on any atom is -0.462 e. The van der Waals surface area contributed by atoms with Crippen molar-refractivity contribution in [2.24, 2.45) is 0 Å². The molecule has 0 aliphatic heterocycles. The molecule has 0 amide bonds. The van der Waals surface area contributed by atoms with Crippen molar-refractivity contribution >= 4 is 17.9 Å². The van der Waals surface area contributed by atoms with Crippen LogP contribution < -0.4 is 0 Å². The maximum atomic E-state index is 12.7. The number of unbranched alkanes of at least 4 members (excludes halogenated alkanes) is 27. The van der Waals surface area contributed by atoms with E-state index in [9.17, 15) is 14.4 Å². The Morgan fingerprint density at radius 2 is 0.600 bits per heavy atom. The van der Waals surface area contributed by atoms with E-state index in [0.29, 0.717) is 19.3 Å². The fraction of sp³-hybridized carbons (Fsp3) is 0.796. The Kier molecular flexibility index (Phi) is 46.9. The van der Waals surface area contributed by atoms with Gasteiger partial charge in [0.1, 0.15) is 13.2 Å². The summed E-state index contributed by atoms with van der Waals surface area (Å²) < 4.78 is 16.6. The third kappa shape index (κ3) is 46.4. The van der Waals surface area contributed by atoms with Crippen LogP contribution in [0.4, 0.5) is 0 Å². The van der Waals surface area contributed by atoms with Gasteiger partial charge in [-0.1, -0.05) is 204 Å². The van der Waals surface area contributed by atoms with Crippen molar-refractivity contribution in [3.05, 3.63) is 48.6 Å². The van der Waals surface area contributed by atoms with E-state index in [1.54, 1.807) is 0 Å². The molecule has 0 aromatic carbocycles. The van der Waals surface area contributed by atoms with Crippen LogP contribution in [0.2, 0.25) is 0 Å². The minimum absolute atomic E-state index is 0.0779. The SMILES string of the molecule is CCCCC/C=C\CCCCCCCC(=O)OC(COC(=O)CCCCCCC)COC(=O)CCCCCCCCCCCC/C=C\C/C=C\C/C=C\CCCCCCC. The highest BCUT2D eigenvalue weighted by molar-refractivity contribution is 5.71. The summed E-state index contributed by atoms with van der Waals surface area (Å²) in [6, 6.07) is 0. The van der Waals surface area contributed by atoms with Gasteiger partial charge in [0.05, 0.1) is 0 Å². The maximum absolute atomic E-state index is 12.7. The molecule has 0 heterocycles. The first-order valence-corrected chi connectivity index (χ1v) is 25.6. The number of rotatable bonds is 46. The molecule has 0 aliphatic rings. The Morgan fingerprint density at radius 3 is 0.983 bits per heavy atom. The maximum Gasteiger partial charge on any atom is 0.306 e. The van der Waals surface area contributed by atoms with Gasteiger partial charge in [0.2, 0.25) is 0 Å². The van der Waals surface area contributed by atoms with Gasteiger partial charge >= 0.3 is 17.9 Å². The molecule has 348 valence electrons. The third-order valence-electron chi connectivity index (χ3n) is 11.1. The molecule has 1 unspecified atom stereocenters. The van der Waals surface area contributed by atoms with E-state index < -0.39 is 6.10 Å². The first-order valence-electron chi connectivity index (χ1n) is 25.6. The van der Waals surface area contributed by atoms with Gasteiger partial charge in [-0.15, -0.1) is 0 Å². The van der Waals surface area contributed by atoms with Crippen molar-refractivity contribution in [1.82, 2.24) is 0 Å². The quantitative estimate of drug-likeness (QED) is 0.0263. The summed E-state index contributed by atoms with van der Waals surface area (Å²) in [5, 5.41) is 0. The van der Waals surface area contributed by atoms with E-state index >= 15 is 0 Å². The van der Waals surface area contributed by atoms with E-state index in [2.05, 4.69) is 69.4 Å². The predicted molar refractivity (Wildman–Crippen MR) is 256 cm³/mol. The molecular formula is C54H96O6. The second-order valence-corrected chi connectivity index (χ2v) is 17.1. The molecule has 60 heavy (non-hydrogen) atoms. The molecule has 0 saturated heterocycles. The van der Waals surface area contributed by atoms with E-state index in [-0.39, 0.29) is 31.1 Å². The van der Waals surface area contributed by atoms with E-state index in [0.717, 1.165) is 89.9 Å². The highest BCUT2D eigenvalue weighted by atomic mass is 16.6. The van der Waals surface area contributed by atoms with Crippen LogP contribution in [0.15, 0.2) is 48.6 Å². The standard InChI is InChI=1S/C54H96O6/c1-4-7-10-13-15-17-19-21-22-23-24-25-26-27-28-29-30-31-32-33-35-36-38-41-44-47-53(56)59-50-51(49-58-52(55)46-43-40-12-9-6-3)60-54(57)48-45-42-39-37-34-20-18-16-14-11-8-5-2/h16,18-19,21,23-24,26-27,51H,4-15,17,20,22,25,28-50H2,1-3H3/b18-16-,21-19-,24-23-,27-26-. The van der Waals surface area contributed by atoms with Gasteiger partial charge in [0, 0.05) is 19.3 Å². The fourth-order valence-electron chi connectivity index (χ4n) is 7.15. The molecule has 0 spiro atoms. The van der Waals surface area contributed by atoms with Crippen molar-refractivity contribution < 1.29 is 28.6 Å². The van der Waals surface area contributed by atoms with Gasteiger partial charge < -0.3 is 14.2 Å². The molecule has 6 heteroatoms. The number of carbonyl (C=O) groups is 3. The van der Waals surface area contributed by atoms with Gasteiger partial charge in [0.15, 0.2) is 6.10 Å². The second kappa shape index (κ2) is 49.0. The number of hydrogen-bond acceptors (Lipinski definition) is 6. The van der Waals surface area contributed by atoms with E-state index in [1.807, 2.05) is 0 Å². The second-order valence-electron chi connectivity index (χ2n) is 17.1. The molecule has 0 aliphatic carbocycles. The Morgan fingerprint density at radius 1 is 0.333 bits per heavy atom. The van der Waals surface area contributed by atoms with Crippen molar-refractivity contribution in [2.45, 2.75) is 264 Å². The molecule has 0 radical (unpaired) electrons. The Balaban J connectivity index is 4.08. The highest BCUT2D eigenvalue weighted by Gasteiger charge is 2.19. The van der Waals surface area contributed by atoms with Gasteiger partial charge in [-0.05, 0) is 83.5 Å². The van der Waals surface area contributed by atoms with E-state index in [1.165, 1.54) is 128 Å². The molecule has 0 rings (SSSR count). The van der Waals surface area contributed by atoms with Crippen LogP contribution in [0.25, 0.3) is 0 Å². The zero-order chi connectivity index (χ0) is 43.7. The normalized spacial score (nSPS) is 12.4. The average molecular weight is 841 g/mol. The van der Waals surface area contributed by atoms with Gasteiger partial charge in [-0.25, -0.2) is 0 Å². The lowest BCUT2D eigenvalue weighted by atomic mass is 10.1. The molecule has 0 bridgehead atoms. The Hall–Kier alpha value is -2.63. The summed E-state index contributed by atoms with van der Waals surface area (Å²) in [6.45, 7) is 6.51. The largest absolute Gasteiger partial charge is 0.462 e. The number of esters is 3. The summed E-state index contributed by atoms with van der Waals surface area (Å²) in [4.78, 5) is 37.6. The van der Waals surface area contributed by atoms with Crippen molar-refractivity contribution in [3.63, 3.8) is 0 Å². The number of ether oxygens (including phenoxy) is 3. The zero-order valence-electron chi connectivity index (χ0n) is 39.7. The summed E-state index contributed by atoms with van der Waals surface area (Å²) in [5.74, 6) is -0.902. The topological polar surface area (TPSA) is 78.9 Å².